The Morgan fingerprint density at radius 1 is 1.15 bits per heavy atom. The average Bonchev–Trinajstić information content (AvgIpc) is 3.44. The number of carbonyl (C=O) groups is 1. The maximum Gasteiger partial charge on any atom is 0.435 e. The van der Waals surface area contributed by atoms with Crippen molar-refractivity contribution in [2.24, 2.45) is 0 Å². The van der Waals surface area contributed by atoms with E-state index in [9.17, 15) is 18.0 Å². The van der Waals surface area contributed by atoms with Gasteiger partial charge in [-0.05, 0) is 64.3 Å². The largest absolute Gasteiger partial charge is 0.444 e. The van der Waals surface area contributed by atoms with Crippen LogP contribution < -0.4 is 5.32 Å². The predicted octanol–water partition coefficient (Wildman–Crippen LogP) is 6.47. The zero-order chi connectivity index (χ0) is 29.3. The molecule has 1 amide bonds. The molecule has 9 nitrogen and oxygen atoms in total. The Balaban J connectivity index is 1.57. The van der Waals surface area contributed by atoms with E-state index >= 15 is 0 Å². The number of alkyl carbamates (subject to hydrolysis) is 1. The van der Waals surface area contributed by atoms with Gasteiger partial charge in [0, 0.05) is 38.4 Å². The molecule has 2 atom stereocenters. The van der Waals surface area contributed by atoms with Crippen molar-refractivity contribution in [3.8, 4) is 11.3 Å². The first-order valence-corrected chi connectivity index (χ1v) is 17.4. The Hall–Kier alpha value is -2.93. The fraction of sp³-hybridized carbons (Fsp3) is 0.630. The average molecular weight is 581 g/mol. The van der Waals surface area contributed by atoms with Gasteiger partial charge in [-0.15, -0.1) is 10.2 Å². The maximum atomic E-state index is 13.6. The van der Waals surface area contributed by atoms with Crippen LogP contribution >= 0.6 is 0 Å². The van der Waals surface area contributed by atoms with Crippen molar-refractivity contribution < 1.29 is 27.4 Å². The van der Waals surface area contributed by atoms with Gasteiger partial charge in [0.1, 0.15) is 18.2 Å². The van der Waals surface area contributed by atoms with Crippen molar-refractivity contribution in [1.82, 2.24) is 29.7 Å². The minimum atomic E-state index is -4.58. The quantitative estimate of drug-likeness (QED) is 0.242. The molecular weight excluding hydrogens is 541 g/mol. The lowest BCUT2D eigenvalue weighted by atomic mass is 9.85. The first kappa shape index (κ1) is 30.0. The highest BCUT2D eigenvalue weighted by atomic mass is 28.3. The Morgan fingerprint density at radius 3 is 2.58 bits per heavy atom. The summed E-state index contributed by atoms with van der Waals surface area (Å²) in [5.74, 6) is 0.723. The number of alkyl halides is 3. The molecule has 0 unspecified atom stereocenters. The van der Waals surface area contributed by atoms with Crippen LogP contribution in [0.15, 0.2) is 24.4 Å². The van der Waals surface area contributed by atoms with E-state index in [-0.39, 0.29) is 18.7 Å². The van der Waals surface area contributed by atoms with E-state index in [1.165, 1.54) is 4.68 Å². The molecule has 220 valence electrons. The molecule has 13 heteroatoms. The number of hydrogen-bond acceptors (Lipinski definition) is 6. The Morgan fingerprint density at radius 2 is 1.90 bits per heavy atom. The summed E-state index contributed by atoms with van der Waals surface area (Å²) in [5, 5.41) is 15.5. The summed E-state index contributed by atoms with van der Waals surface area (Å²) in [6.45, 7) is 12.5. The van der Waals surface area contributed by atoms with Gasteiger partial charge >= 0.3 is 12.3 Å². The number of nitrogens with zero attached hydrogens (tertiary/aromatic N) is 5. The summed E-state index contributed by atoms with van der Waals surface area (Å²) < 4.78 is 55.0. The predicted molar refractivity (Wildman–Crippen MR) is 148 cm³/mol. The number of carbonyl (C=O) groups excluding carboxylic acids is 1. The van der Waals surface area contributed by atoms with Crippen LogP contribution in [0.3, 0.4) is 0 Å². The first-order chi connectivity index (χ1) is 18.6. The molecule has 0 spiro atoms. The summed E-state index contributed by atoms with van der Waals surface area (Å²) >= 11 is 0. The van der Waals surface area contributed by atoms with Crippen LogP contribution in [0.5, 0.6) is 0 Å². The number of nitrogens with one attached hydrogen (secondary N) is 1. The summed E-state index contributed by atoms with van der Waals surface area (Å²) in [4.78, 5) is 12.3. The van der Waals surface area contributed by atoms with Crippen molar-refractivity contribution in [3.63, 3.8) is 0 Å². The van der Waals surface area contributed by atoms with Gasteiger partial charge in [0.05, 0.1) is 5.69 Å². The number of halogens is 3. The fourth-order valence-corrected chi connectivity index (χ4v) is 5.54. The molecule has 0 bridgehead atoms. The Kier molecular flexibility index (Phi) is 8.64. The van der Waals surface area contributed by atoms with Crippen LogP contribution in [0.25, 0.3) is 16.9 Å². The fourth-order valence-electron chi connectivity index (χ4n) is 4.78. The molecule has 0 aliphatic heterocycles. The first-order valence-electron chi connectivity index (χ1n) is 13.7. The van der Waals surface area contributed by atoms with Crippen LogP contribution in [0.2, 0.25) is 25.7 Å². The molecule has 3 aromatic rings. The van der Waals surface area contributed by atoms with E-state index in [0.29, 0.717) is 35.8 Å². The summed E-state index contributed by atoms with van der Waals surface area (Å²) in [7, 11) is -1.35. The van der Waals surface area contributed by atoms with Crippen molar-refractivity contribution in [3.05, 3.63) is 35.9 Å². The van der Waals surface area contributed by atoms with E-state index in [1.807, 2.05) is 25.2 Å². The van der Waals surface area contributed by atoms with Crippen LogP contribution in [0.1, 0.15) is 63.9 Å². The third kappa shape index (κ3) is 7.84. The zero-order valence-corrected chi connectivity index (χ0v) is 25.0. The van der Waals surface area contributed by atoms with E-state index in [2.05, 4.69) is 40.3 Å². The minimum absolute atomic E-state index is 0.0134. The zero-order valence-electron chi connectivity index (χ0n) is 24.0. The molecular formula is C27H39F3N6O3Si. The number of ether oxygens (including phenoxy) is 2. The highest BCUT2D eigenvalue weighted by Gasteiger charge is 2.35. The van der Waals surface area contributed by atoms with Crippen molar-refractivity contribution in [2.75, 3.05) is 6.61 Å². The smallest absolute Gasteiger partial charge is 0.435 e. The van der Waals surface area contributed by atoms with E-state index in [0.717, 1.165) is 31.4 Å². The van der Waals surface area contributed by atoms with E-state index in [1.54, 1.807) is 18.3 Å². The highest BCUT2D eigenvalue weighted by molar-refractivity contribution is 6.76. The lowest BCUT2D eigenvalue weighted by molar-refractivity contribution is -0.141. The monoisotopic (exact) mass is 580 g/mol. The van der Waals surface area contributed by atoms with Crippen molar-refractivity contribution >= 4 is 19.8 Å². The summed E-state index contributed by atoms with van der Waals surface area (Å²) in [6.07, 6.45) is -0.0461. The van der Waals surface area contributed by atoms with Gasteiger partial charge in [0.2, 0.25) is 0 Å². The maximum absolute atomic E-state index is 13.6. The molecule has 0 radical (unpaired) electrons. The standard InChI is InChI=1S/C27H39F3N6O3Si/c1-26(2,3)39-25(37)31-20-9-7-8-18(14-20)24-33-32-23-11-10-19(16-35(23)24)21-15-22(27(28,29)30)34-36(21)17-38-12-13-40(4,5)6/h10-11,15-16,18,20H,7-9,12-14,17H2,1-6H3,(H,31,37)/t18-,20+/m0/s1. The second kappa shape index (κ2) is 11.5. The lowest BCUT2D eigenvalue weighted by Crippen LogP contribution is -2.41. The molecule has 1 aliphatic carbocycles. The molecule has 1 aliphatic rings. The molecule has 3 aromatic heterocycles. The molecule has 0 saturated heterocycles. The molecule has 1 saturated carbocycles. The SMILES string of the molecule is CC(C)(C)OC(=O)N[C@@H]1CCC[C@H](c2nnc3ccc(-c4cc(C(F)(F)F)nn4COCC[Si](C)(C)C)cn23)C1. The van der Waals surface area contributed by atoms with Gasteiger partial charge in [-0.3, -0.25) is 4.40 Å². The number of rotatable bonds is 8. The molecule has 4 rings (SSSR count). The second-order valence-electron chi connectivity index (χ2n) is 12.7. The number of aromatic nitrogens is 5. The van der Waals surface area contributed by atoms with Crippen LogP contribution in [0, 0.1) is 0 Å². The topological polar surface area (TPSA) is 95.6 Å². The molecule has 1 N–H and O–H groups in total. The van der Waals surface area contributed by atoms with Crippen molar-refractivity contribution in [1.29, 1.82) is 0 Å². The van der Waals surface area contributed by atoms with Gasteiger partial charge in [0.15, 0.2) is 11.3 Å². The number of hydrogen-bond donors (Lipinski definition) is 1. The number of pyridine rings is 1. The third-order valence-electron chi connectivity index (χ3n) is 6.77. The third-order valence-corrected chi connectivity index (χ3v) is 8.47. The van der Waals surface area contributed by atoms with Gasteiger partial charge in [0.25, 0.3) is 0 Å². The summed E-state index contributed by atoms with van der Waals surface area (Å²) in [6, 6.07) is 5.33. The van der Waals surface area contributed by atoms with E-state index < -0.39 is 31.6 Å². The number of fused-ring (bicyclic) bond motifs is 1. The van der Waals surface area contributed by atoms with Crippen LogP contribution in [-0.2, 0) is 22.4 Å². The highest BCUT2D eigenvalue weighted by Crippen LogP contribution is 2.35. The Bertz CT molecular complexity index is 1330. The van der Waals surface area contributed by atoms with E-state index in [4.69, 9.17) is 9.47 Å². The second-order valence-corrected chi connectivity index (χ2v) is 18.3. The van der Waals surface area contributed by atoms with Crippen LogP contribution in [0.4, 0.5) is 18.0 Å². The van der Waals surface area contributed by atoms with Gasteiger partial charge in [-0.1, -0.05) is 26.1 Å². The minimum Gasteiger partial charge on any atom is -0.444 e. The van der Waals surface area contributed by atoms with Crippen molar-refractivity contribution in [2.45, 2.75) is 103 Å². The summed E-state index contributed by atoms with van der Waals surface area (Å²) in [5.41, 5.74) is -0.118. The lowest BCUT2D eigenvalue weighted by Gasteiger charge is -2.30. The Labute approximate surface area is 233 Å². The molecule has 3 heterocycles. The van der Waals surface area contributed by atoms with Gasteiger partial charge in [-0.2, -0.15) is 18.3 Å². The molecule has 1 fully saturated rings. The normalized spacial score (nSPS) is 18.7. The van der Waals surface area contributed by atoms with Gasteiger partial charge in [-0.25, -0.2) is 9.48 Å². The molecule has 40 heavy (non-hydrogen) atoms. The molecule has 0 aromatic carbocycles. The van der Waals surface area contributed by atoms with Gasteiger partial charge < -0.3 is 14.8 Å². The number of amides is 1. The van der Waals surface area contributed by atoms with Crippen LogP contribution in [-0.4, -0.2) is 56.8 Å².